The fourth-order valence-electron chi connectivity index (χ4n) is 1.26. The predicted octanol–water partition coefficient (Wildman–Crippen LogP) is -0.238. The van der Waals surface area contributed by atoms with E-state index in [1.807, 2.05) is 0 Å². The van der Waals surface area contributed by atoms with Crippen molar-refractivity contribution in [1.82, 2.24) is 0 Å². The Balaban J connectivity index is 2.43. The summed E-state index contributed by atoms with van der Waals surface area (Å²) in [6.45, 7) is 0. The fourth-order valence-corrected chi connectivity index (χ4v) is 2.64. The SMILES string of the molecule is NC1C=NC2=C1S(=O)CC2. The summed E-state index contributed by atoms with van der Waals surface area (Å²) < 4.78 is 11.2. The van der Waals surface area contributed by atoms with Crippen molar-refractivity contribution in [2.24, 2.45) is 10.7 Å². The maximum atomic E-state index is 11.2. The molecule has 2 aliphatic rings. The van der Waals surface area contributed by atoms with E-state index in [4.69, 9.17) is 5.73 Å². The average Bonchev–Trinajstić information content (AvgIpc) is 2.40. The number of allylic oxidation sites excluding steroid dienone is 1. The smallest absolute Gasteiger partial charge is 0.0759 e. The molecule has 2 atom stereocenters. The summed E-state index contributed by atoms with van der Waals surface area (Å²) >= 11 is 0. The van der Waals surface area contributed by atoms with Crippen molar-refractivity contribution in [2.45, 2.75) is 12.5 Å². The summed E-state index contributed by atoms with van der Waals surface area (Å²) in [6, 6.07) is -0.168. The highest BCUT2D eigenvalue weighted by Crippen LogP contribution is 2.28. The first kappa shape index (κ1) is 6.24. The zero-order valence-corrected chi connectivity index (χ0v) is 6.23. The highest BCUT2D eigenvalue weighted by molar-refractivity contribution is 7.89. The molecule has 0 spiro atoms. The maximum absolute atomic E-state index is 11.2. The Hall–Kier alpha value is -0.480. The maximum Gasteiger partial charge on any atom is 0.0759 e. The van der Waals surface area contributed by atoms with Crippen LogP contribution < -0.4 is 5.73 Å². The lowest BCUT2D eigenvalue weighted by atomic mass is 10.3. The Morgan fingerprint density at radius 2 is 2.60 bits per heavy atom. The lowest BCUT2D eigenvalue weighted by molar-refractivity contribution is 0.687. The Bertz CT molecular complexity index is 256. The molecular formula is C6H8N2OS. The van der Waals surface area contributed by atoms with E-state index < -0.39 is 10.8 Å². The van der Waals surface area contributed by atoms with E-state index >= 15 is 0 Å². The van der Waals surface area contributed by atoms with Crippen LogP contribution in [0.25, 0.3) is 0 Å². The quantitative estimate of drug-likeness (QED) is 0.526. The number of hydrogen-bond donors (Lipinski definition) is 1. The molecule has 54 valence electrons. The molecule has 0 bridgehead atoms. The minimum atomic E-state index is -0.829. The molecule has 2 N–H and O–H groups in total. The Morgan fingerprint density at radius 3 is 3.30 bits per heavy atom. The highest BCUT2D eigenvalue weighted by Gasteiger charge is 2.29. The normalized spacial score (nSPS) is 37.3. The molecule has 0 fully saturated rings. The molecule has 2 heterocycles. The summed E-state index contributed by atoms with van der Waals surface area (Å²) in [6.07, 6.45) is 2.51. The highest BCUT2D eigenvalue weighted by atomic mass is 32.2. The van der Waals surface area contributed by atoms with Gasteiger partial charge >= 0.3 is 0 Å². The van der Waals surface area contributed by atoms with Crippen LogP contribution >= 0.6 is 0 Å². The van der Waals surface area contributed by atoms with Gasteiger partial charge in [0.25, 0.3) is 0 Å². The van der Waals surface area contributed by atoms with E-state index in [0.717, 1.165) is 22.8 Å². The van der Waals surface area contributed by atoms with Crippen LogP contribution in [0.1, 0.15) is 6.42 Å². The van der Waals surface area contributed by atoms with Crippen LogP contribution in [0.3, 0.4) is 0 Å². The second kappa shape index (κ2) is 2.00. The van der Waals surface area contributed by atoms with Crippen molar-refractivity contribution in [3.05, 3.63) is 10.6 Å². The van der Waals surface area contributed by atoms with Gasteiger partial charge in [0.15, 0.2) is 0 Å². The van der Waals surface area contributed by atoms with Crippen LogP contribution in [-0.4, -0.2) is 22.2 Å². The molecule has 0 aliphatic carbocycles. The molecule has 2 unspecified atom stereocenters. The molecule has 10 heavy (non-hydrogen) atoms. The van der Waals surface area contributed by atoms with E-state index in [1.54, 1.807) is 6.21 Å². The first-order valence-electron chi connectivity index (χ1n) is 3.20. The van der Waals surface area contributed by atoms with Crippen molar-refractivity contribution < 1.29 is 4.21 Å². The van der Waals surface area contributed by atoms with E-state index in [2.05, 4.69) is 4.99 Å². The number of nitrogens with zero attached hydrogens (tertiary/aromatic N) is 1. The molecule has 0 amide bonds. The van der Waals surface area contributed by atoms with Crippen LogP contribution in [0, 0.1) is 0 Å². The second-order valence-electron chi connectivity index (χ2n) is 2.41. The predicted molar refractivity (Wildman–Crippen MR) is 41.1 cm³/mol. The van der Waals surface area contributed by atoms with E-state index in [9.17, 15) is 4.21 Å². The molecule has 0 aromatic rings. The van der Waals surface area contributed by atoms with Gasteiger partial charge in [0.1, 0.15) is 0 Å². The first-order valence-corrected chi connectivity index (χ1v) is 4.52. The lowest BCUT2D eigenvalue weighted by Crippen LogP contribution is -2.23. The molecule has 0 saturated carbocycles. The van der Waals surface area contributed by atoms with Crippen LogP contribution in [0.5, 0.6) is 0 Å². The summed E-state index contributed by atoms with van der Waals surface area (Å²) in [5, 5.41) is 0. The van der Waals surface area contributed by atoms with Crippen molar-refractivity contribution in [1.29, 1.82) is 0 Å². The van der Waals surface area contributed by atoms with Gasteiger partial charge in [0, 0.05) is 18.4 Å². The number of rotatable bonds is 0. The summed E-state index contributed by atoms with van der Waals surface area (Å²) in [5.74, 6) is 0.718. The standard InChI is InChI=1S/C6H8N2OS/c7-4-3-8-5-1-2-10(9)6(4)5/h3-4H,1-2,7H2. The minimum absolute atomic E-state index is 0.168. The third-order valence-corrected chi connectivity index (χ3v) is 3.32. The molecule has 2 rings (SSSR count). The van der Waals surface area contributed by atoms with Gasteiger partial charge in [-0.3, -0.25) is 9.20 Å². The molecule has 0 aromatic heterocycles. The molecule has 0 saturated heterocycles. The zero-order valence-electron chi connectivity index (χ0n) is 5.41. The topological polar surface area (TPSA) is 55.4 Å². The summed E-state index contributed by atoms with van der Waals surface area (Å²) in [5.41, 5.74) is 6.57. The van der Waals surface area contributed by atoms with Gasteiger partial charge in [-0.15, -0.1) is 0 Å². The van der Waals surface area contributed by atoms with Crippen molar-refractivity contribution in [3.8, 4) is 0 Å². The Morgan fingerprint density at radius 1 is 1.80 bits per heavy atom. The zero-order chi connectivity index (χ0) is 7.14. The van der Waals surface area contributed by atoms with Crippen molar-refractivity contribution in [2.75, 3.05) is 5.75 Å². The second-order valence-corrected chi connectivity index (χ2v) is 3.95. The van der Waals surface area contributed by atoms with Gasteiger partial charge in [-0.2, -0.15) is 0 Å². The van der Waals surface area contributed by atoms with Crippen LogP contribution in [-0.2, 0) is 10.8 Å². The van der Waals surface area contributed by atoms with Crippen LogP contribution in [0.15, 0.2) is 15.6 Å². The minimum Gasteiger partial charge on any atom is -0.319 e. The van der Waals surface area contributed by atoms with Crippen molar-refractivity contribution in [3.63, 3.8) is 0 Å². The molecule has 0 aromatic carbocycles. The summed E-state index contributed by atoms with van der Waals surface area (Å²) in [7, 11) is -0.829. The van der Waals surface area contributed by atoms with Crippen LogP contribution in [0.4, 0.5) is 0 Å². The van der Waals surface area contributed by atoms with Gasteiger partial charge in [-0.05, 0) is 0 Å². The molecular weight excluding hydrogens is 148 g/mol. The van der Waals surface area contributed by atoms with Crippen LogP contribution in [0.2, 0.25) is 0 Å². The summed E-state index contributed by atoms with van der Waals surface area (Å²) in [4.78, 5) is 4.93. The largest absolute Gasteiger partial charge is 0.319 e. The number of hydrogen-bond acceptors (Lipinski definition) is 3. The lowest BCUT2D eigenvalue weighted by Gasteiger charge is -1.99. The van der Waals surface area contributed by atoms with E-state index in [1.165, 1.54) is 0 Å². The van der Waals surface area contributed by atoms with Crippen molar-refractivity contribution >= 4 is 17.0 Å². The van der Waals surface area contributed by atoms with E-state index in [0.29, 0.717) is 0 Å². The van der Waals surface area contributed by atoms with Gasteiger partial charge < -0.3 is 5.73 Å². The fraction of sp³-hybridized carbons (Fsp3) is 0.500. The molecule has 0 radical (unpaired) electrons. The third-order valence-electron chi connectivity index (χ3n) is 1.75. The third kappa shape index (κ3) is 0.690. The van der Waals surface area contributed by atoms with Gasteiger partial charge in [-0.25, -0.2) is 0 Å². The van der Waals surface area contributed by atoms with Gasteiger partial charge in [-0.1, -0.05) is 0 Å². The first-order chi connectivity index (χ1) is 4.79. The number of nitrogens with two attached hydrogens (primary N) is 1. The monoisotopic (exact) mass is 156 g/mol. The number of aliphatic imine (C=N–C) groups is 1. The molecule has 4 heteroatoms. The molecule has 2 aliphatic heterocycles. The van der Waals surface area contributed by atoms with Gasteiger partial charge in [0.05, 0.1) is 27.4 Å². The average molecular weight is 156 g/mol. The van der Waals surface area contributed by atoms with Gasteiger partial charge in [0.2, 0.25) is 0 Å². The van der Waals surface area contributed by atoms with E-state index in [-0.39, 0.29) is 6.04 Å². The molecule has 3 nitrogen and oxygen atoms in total. The Labute approximate surface area is 61.5 Å². The Kier molecular flexibility index (Phi) is 1.25.